The van der Waals surface area contributed by atoms with E-state index in [-0.39, 0.29) is 33.8 Å². The van der Waals surface area contributed by atoms with E-state index in [1.165, 1.54) is 42.5 Å². The lowest BCUT2D eigenvalue weighted by molar-refractivity contribution is -0.112. The zero-order valence-electron chi connectivity index (χ0n) is 16.4. The summed E-state index contributed by atoms with van der Waals surface area (Å²) in [5.74, 6) is -1.64. The van der Waals surface area contributed by atoms with Crippen LogP contribution in [0.2, 0.25) is 0 Å². The van der Waals surface area contributed by atoms with Gasteiger partial charge in [0.15, 0.2) is 5.43 Å². The van der Waals surface area contributed by atoms with Crippen molar-refractivity contribution in [3.8, 4) is 28.2 Å². The minimum absolute atomic E-state index is 0.0512. The van der Waals surface area contributed by atoms with Gasteiger partial charge in [0.1, 0.15) is 23.4 Å². The van der Waals surface area contributed by atoms with Crippen molar-refractivity contribution in [2.75, 3.05) is 5.32 Å². The average molecular weight is 429 g/mol. The first-order chi connectivity index (χ1) is 15.4. The Hall–Kier alpha value is -4.72. The van der Waals surface area contributed by atoms with E-state index < -0.39 is 11.9 Å². The van der Waals surface area contributed by atoms with Gasteiger partial charge in [-0.2, -0.15) is 0 Å². The fraction of sp³-hybridized carbons (Fsp3) is 0. The molecule has 0 fully saturated rings. The number of carbonyl (C=O) groups is 3. The zero-order valence-corrected chi connectivity index (χ0v) is 16.4. The molecule has 0 atom stereocenters. The highest BCUT2D eigenvalue weighted by molar-refractivity contribution is 6.09. The molecule has 8 heteroatoms. The van der Waals surface area contributed by atoms with Crippen LogP contribution in [0.5, 0.6) is 5.75 Å². The third-order valence-electron chi connectivity index (χ3n) is 4.79. The second-order valence-electron chi connectivity index (χ2n) is 6.87. The van der Waals surface area contributed by atoms with Crippen molar-refractivity contribution in [2.45, 2.75) is 0 Å². The highest BCUT2D eigenvalue weighted by atomic mass is 16.4. The van der Waals surface area contributed by atoms with E-state index in [2.05, 4.69) is 5.32 Å². The first-order valence-electron chi connectivity index (χ1n) is 9.37. The summed E-state index contributed by atoms with van der Waals surface area (Å²) in [6.07, 6.45) is 2.49. The number of phenols is 1. The summed E-state index contributed by atoms with van der Waals surface area (Å²) in [7, 11) is 0. The minimum atomic E-state index is -1.24. The van der Waals surface area contributed by atoms with Crippen molar-refractivity contribution in [3.05, 3.63) is 82.5 Å². The van der Waals surface area contributed by atoms with Crippen molar-refractivity contribution in [1.82, 2.24) is 0 Å². The molecule has 158 valence electrons. The van der Waals surface area contributed by atoms with E-state index >= 15 is 0 Å². The molecule has 2 aromatic carbocycles. The minimum Gasteiger partial charge on any atom is -0.508 e. The lowest BCUT2D eigenvalue weighted by Crippen LogP contribution is -2.10. The maximum absolute atomic E-state index is 12.1. The largest absolute Gasteiger partial charge is 0.508 e. The molecule has 0 unspecified atom stereocenters. The van der Waals surface area contributed by atoms with Gasteiger partial charge in [0.25, 0.3) is 0 Å². The fourth-order valence-corrected chi connectivity index (χ4v) is 3.48. The number of carboxylic acids is 1. The lowest BCUT2D eigenvalue weighted by atomic mass is 9.90. The highest BCUT2D eigenvalue weighted by Gasteiger charge is 2.22. The van der Waals surface area contributed by atoms with Gasteiger partial charge in [0.2, 0.25) is 5.91 Å². The normalized spacial score (nSPS) is 11.1. The van der Waals surface area contributed by atoms with Crippen LogP contribution < -0.4 is 10.7 Å². The third-order valence-corrected chi connectivity index (χ3v) is 4.79. The number of amides is 1. The van der Waals surface area contributed by atoms with Crippen molar-refractivity contribution in [3.63, 3.8) is 0 Å². The number of anilines is 1. The summed E-state index contributed by atoms with van der Waals surface area (Å²) in [5, 5.41) is 22.8. The third kappa shape index (κ3) is 3.84. The Morgan fingerprint density at radius 3 is 2.50 bits per heavy atom. The zero-order chi connectivity index (χ0) is 22.8. The SMILES string of the molecule is O=C/C=C\C(=O)Nc1ccc(-c2c3ccc(=O)cc-3oc3cc(O)ccc23)c(C(=O)O)c1. The summed E-state index contributed by atoms with van der Waals surface area (Å²) in [5.41, 5.74) is 1.44. The number of carboxylic acid groups (broad SMARTS) is 1. The average Bonchev–Trinajstić information content (AvgIpc) is 2.76. The first-order valence-corrected chi connectivity index (χ1v) is 9.37. The molecular weight excluding hydrogens is 414 g/mol. The Morgan fingerprint density at radius 2 is 1.75 bits per heavy atom. The highest BCUT2D eigenvalue weighted by Crippen LogP contribution is 2.42. The van der Waals surface area contributed by atoms with Crippen molar-refractivity contribution < 1.29 is 29.0 Å². The molecule has 0 saturated carbocycles. The molecular formula is C24H15NO7. The van der Waals surface area contributed by atoms with Crippen LogP contribution in [0, 0.1) is 0 Å². The van der Waals surface area contributed by atoms with Crippen LogP contribution >= 0.6 is 0 Å². The second kappa shape index (κ2) is 8.19. The number of benzene rings is 3. The van der Waals surface area contributed by atoms with Crippen LogP contribution in [-0.2, 0) is 9.59 Å². The van der Waals surface area contributed by atoms with Gasteiger partial charge in [-0.05, 0) is 48.0 Å². The number of nitrogens with one attached hydrogen (secondary N) is 1. The Morgan fingerprint density at radius 1 is 0.969 bits per heavy atom. The first kappa shape index (κ1) is 20.5. The number of phenolic OH excluding ortho intramolecular Hbond substituents is 1. The summed E-state index contributed by atoms with van der Waals surface area (Å²) < 4.78 is 5.78. The maximum atomic E-state index is 12.1. The van der Waals surface area contributed by atoms with Gasteiger partial charge >= 0.3 is 5.97 Å². The van der Waals surface area contributed by atoms with E-state index in [1.54, 1.807) is 12.1 Å². The van der Waals surface area contributed by atoms with Crippen LogP contribution in [0.4, 0.5) is 5.69 Å². The molecule has 32 heavy (non-hydrogen) atoms. The number of aromatic carboxylic acids is 1. The molecule has 0 radical (unpaired) electrons. The van der Waals surface area contributed by atoms with Gasteiger partial charge in [-0.1, -0.05) is 6.07 Å². The molecule has 1 aliphatic heterocycles. The second-order valence-corrected chi connectivity index (χ2v) is 6.87. The van der Waals surface area contributed by atoms with Crippen LogP contribution in [0.15, 0.2) is 76.0 Å². The number of aromatic hydroxyl groups is 1. The number of hydrogen-bond donors (Lipinski definition) is 3. The van der Waals surface area contributed by atoms with Crippen LogP contribution in [-0.4, -0.2) is 28.4 Å². The van der Waals surface area contributed by atoms with E-state index in [0.29, 0.717) is 28.4 Å². The molecule has 2 aromatic rings. The Kier molecular flexibility index (Phi) is 5.26. The quantitative estimate of drug-likeness (QED) is 0.250. The molecule has 0 spiro atoms. The molecule has 1 heterocycles. The maximum Gasteiger partial charge on any atom is 0.336 e. The van der Waals surface area contributed by atoms with Crippen molar-refractivity contribution >= 4 is 34.8 Å². The predicted octanol–water partition coefficient (Wildman–Crippen LogP) is 3.66. The predicted molar refractivity (Wildman–Crippen MR) is 117 cm³/mol. The molecule has 1 amide bonds. The van der Waals surface area contributed by atoms with E-state index in [4.69, 9.17) is 4.42 Å². The molecule has 1 aliphatic carbocycles. The van der Waals surface area contributed by atoms with Gasteiger partial charge in [0, 0.05) is 40.4 Å². The summed E-state index contributed by atoms with van der Waals surface area (Å²) in [4.78, 5) is 46.2. The number of allylic oxidation sites excluding steroid dienone is 1. The number of rotatable bonds is 5. The number of carbonyl (C=O) groups excluding carboxylic acids is 2. The van der Waals surface area contributed by atoms with Gasteiger partial charge in [-0.25, -0.2) is 4.79 Å². The lowest BCUT2D eigenvalue weighted by Gasteiger charge is -2.17. The fourth-order valence-electron chi connectivity index (χ4n) is 3.48. The Labute approximate surface area is 180 Å². The number of hydrogen-bond acceptors (Lipinski definition) is 6. The molecule has 0 aromatic heterocycles. The molecule has 3 N–H and O–H groups in total. The van der Waals surface area contributed by atoms with Crippen LogP contribution in [0.1, 0.15) is 10.4 Å². The van der Waals surface area contributed by atoms with Crippen molar-refractivity contribution in [1.29, 1.82) is 0 Å². The number of fused-ring (bicyclic) bond motifs is 2. The molecule has 0 bridgehead atoms. The molecule has 8 nitrogen and oxygen atoms in total. The standard InChI is InChI=1S/C24H15NO7/c26-9-1-2-22(29)25-13-3-6-16(19(10-13)24(30)31)23-17-7-4-14(27)11-20(17)32-21-12-15(28)5-8-18(21)23/h1-12,27H,(H,25,29)(H,30,31)/b2-1-. The molecule has 2 aliphatic rings. The Bertz CT molecular complexity index is 1450. The molecule has 4 rings (SSSR count). The smallest absolute Gasteiger partial charge is 0.336 e. The monoisotopic (exact) mass is 429 g/mol. The molecule has 0 saturated heterocycles. The topological polar surface area (TPSA) is 134 Å². The van der Waals surface area contributed by atoms with Gasteiger partial charge in [0.05, 0.1) is 5.56 Å². The summed E-state index contributed by atoms with van der Waals surface area (Å²) in [6.45, 7) is 0. The van der Waals surface area contributed by atoms with E-state index in [1.807, 2.05) is 0 Å². The van der Waals surface area contributed by atoms with Gasteiger partial charge < -0.3 is 19.9 Å². The van der Waals surface area contributed by atoms with Crippen molar-refractivity contribution in [2.24, 2.45) is 0 Å². The Balaban J connectivity index is 1.97. The van der Waals surface area contributed by atoms with Gasteiger partial charge in [-0.3, -0.25) is 14.4 Å². The van der Waals surface area contributed by atoms with E-state index in [0.717, 1.165) is 12.2 Å². The van der Waals surface area contributed by atoms with Gasteiger partial charge in [-0.15, -0.1) is 0 Å². The van der Waals surface area contributed by atoms with E-state index in [9.17, 15) is 29.4 Å². The van der Waals surface area contributed by atoms with Crippen LogP contribution in [0.3, 0.4) is 0 Å². The summed E-state index contributed by atoms with van der Waals surface area (Å²) in [6, 6.07) is 13.0. The number of aldehydes is 1. The summed E-state index contributed by atoms with van der Waals surface area (Å²) >= 11 is 0. The van der Waals surface area contributed by atoms with Crippen LogP contribution in [0.25, 0.3) is 33.4 Å².